The van der Waals surface area contributed by atoms with Gasteiger partial charge in [-0.1, -0.05) is 54.6 Å². The van der Waals surface area contributed by atoms with Crippen LogP contribution >= 0.6 is 0 Å². The molecule has 0 aliphatic heterocycles. The van der Waals surface area contributed by atoms with Crippen LogP contribution in [-0.2, 0) is 0 Å². The first-order chi connectivity index (χ1) is 17.3. The third-order valence-corrected chi connectivity index (χ3v) is 6.37. The second kappa shape index (κ2) is 8.30. The predicted octanol–water partition coefficient (Wildman–Crippen LogP) is 7.26. The van der Waals surface area contributed by atoms with Gasteiger partial charge in [-0.25, -0.2) is 0 Å². The Morgan fingerprint density at radius 3 is 2.26 bits per heavy atom. The molecule has 4 aromatic carbocycles. The topological polar surface area (TPSA) is 65.4 Å². The molecule has 0 bridgehead atoms. The number of fused-ring (bicyclic) bond motifs is 3. The Hall–Kier alpha value is -5.19. The van der Waals surface area contributed by atoms with Gasteiger partial charge in [0.05, 0.1) is 40.0 Å². The monoisotopic (exact) mass is 446 g/mol. The van der Waals surface area contributed by atoms with Gasteiger partial charge in [0.2, 0.25) is 0 Å². The minimum Gasteiger partial charge on any atom is -0.309 e. The van der Waals surface area contributed by atoms with Crippen LogP contribution in [0.2, 0.25) is 0 Å². The van der Waals surface area contributed by atoms with Crippen LogP contribution in [0.15, 0.2) is 109 Å². The van der Waals surface area contributed by atoms with Gasteiger partial charge in [-0.2, -0.15) is 10.5 Å². The highest BCUT2D eigenvalue weighted by Gasteiger charge is 2.16. The number of nitriles is 2. The van der Waals surface area contributed by atoms with E-state index in [0.717, 1.165) is 49.7 Å². The highest BCUT2D eigenvalue weighted by molar-refractivity contribution is 6.10. The van der Waals surface area contributed by atoms with Gasteiger partial charge >= 0.3 is 0 Å². The van der Waals surface area contributed by atoms with Crippen molar-refractivity contribution in [1.82, 2.24) is 9.55 Å². The number of nitrogens with zero attached hydrogens (tertiary/aromatic N) is 4. The van der Waals surface area contributed by atoms with Crippen LogP contribution in [0.1, 0.15) is 11.1 Å². The van der Waals surface area contributed by atoms with Gasteiger partial charge in [0.25, 0.3) is 0 Å². The molecule has 0 unspecified atom stereocenters. The fraction of sp³-hybridized carbons (Fsp3) is 0. The van der Waals surface area contributed by atoms with Crippen molar-refractivity contribution in [2.75, 3.05) is 0 Å². The summed E-state index contributed by atoms with van der Waals surface area (Å²) < 4.78 is 2.26. The van der Waals surface area contributed by atoms with Gasteiger partial charge in [-0.3, -0.25) is 4.98 Å². The molecule has 2 heterocycles. The van der Waals surface area contributed by atoms with E-state index in [4.69, 9.17) is 0 Å². The second-order valence-corrected chi connectivity index (χ2v) is 8.33. The molecule has 0 N–H and O–H groups in total. The molecule has 2 aromatic heterocycles. The molecule has 162 valence electrons. The lowest BCUT2D eigenvalue weighted by Crippen LogP contribution is -1.97. The molecule has 0 atom stereocenters. The van der Waals surface area contributed by atoms with Gasteiger partial charge in [0, 0.05) is 34.3 Å². The van der Waals surface area contributed by atoms with Crippen LogP contribution in [0.3, 0.4) is 0 Å². The Balaban J connectivity index is 1.61. The average molecular weight is 447 g/mol. The average Bonchev–Trinajstić information content (AvgIpc) is 3.26. The molecule has 0 fully saturated rings. The molecule has 0 aliphatic rings. The number of aromatic nitrogens is 2. The maximum atomic E-state index is 9.57. The summed E-state index contributed by atoms with van der Waals surface area (Å²) >= 11 is 0. The van der Waals surface area contributed by atoms with Gasteiger partial charge < -0.3 is 4.57 Å². The molecule has 0 spiro atoms. The van der Waals surface area contributed by atoms with Crippen LogP contribution < -0.4 is 0 Å². The SMILES string of the molecule is N#Cc1ccc2c(c1)c1ccccc1n2-c1ccccc1-c1cccc(-c2cnccc2C#N)c1. The summed E-state index contributed by atoms with van der Waals surface area (Å²) in [7, 11) is 0. The molecule has 6 rings (SSSR count). The van der Waals surface area contributed by atoms with Crippen molar-refractivity contribution in [2.24, 2.45) is 0 Å². The number of hydrogen-bond acceptors (Lipinski definition) is 3. The van der Waals surface area contributed by atoms with Crippen molar-refractivity contribution >= 4 is 21.8 Å². The molecule has 0 saturated carbocycles. The standard InChI is InChI=1S/C31H18N4/c32-18-21-12-13-31-27(16-21)26-9-2-4-11-30(26)35(31)29-10-3-1-8-25(29)22-6-5-7-23(17-22)28-20-34-15-14-24(28)19-33/h1-17,20H. The Labute approximate surface area is 202 Å². The zero-order chi connectivity index (χ0) is 23.8. The van der Waals surface area contributed by atoms with E-state index < -0.39 is 0 Å². The molecule has 6 aromatic rings. The number of benzene rings is 4. The van der Waals surface area contributed by atoms with Crippen LogP contribution in [0.4, 0.5) is 0 Å². The highest BCUT2D eigenvalue weighted by atomic mass is 15.0. The van der Waals surface area contributed by atoms with Crippen LogP contribution in [0, 0.1) is 22.7 Å². The van der Waals surface area contributed by atoms with Crippen molar-refractivity contribution < 1.29 is 0 Å². The molecule has 0 radical (unpaired) electrons. The van der Waals surface area contributed by atoms with Crippen molar-refractivity contribution in [3.8, 4) is 40.1 Å². The summed E-state index contributed by atoms with van der Waals surface area (Å²) in [6, 6.07) is 37.0. The van der Waals surface area contributed by atoms with Crippen LogP contribution in [-0.4, -0.2) is 9.55 Å². The molecule has 4 nitrogen and oxygen atoms in total. The van der Waals surface area contributed by atoms with E-state index in [1.54, 1.807) is 18.5 Å². The lowest BCUT2D eigenvalue weighted by molar-refractivity contribution is 1.18. The number of hydrogen-bond donors (Lipinski definition) is 0. The number of pyridine rings is 1. The Morgan fingerprint density at radius 2 is 1.40 bits per heavy atom. The molecule has 0 saturated heterocycles. The maximum Gasteiger partial charge on any atom is 0.0999 e. The van der Waals surface area contributed by atoms with E-state index in [2.05, 4.69) is 58.1 Å². The zero-order valence-corrected chi connectivity index (χ0v) is 18.7. The van der Waals surface area contributed by atoms with E-state index in [1.165, 1.54) is 0 Å². The summed E-state index contributed by atoms with van der Waals surface area (Å²) in [6.07, 6.45) is 3.38. The van der Waals surface area contributed by atoms with E-state index in [1.807, 2.05) is 54.6 Å². The quantitative estimate of drug-likeness (QED) is 0.287. The molecule has 0 amide bonds. The van der Waals surface area contributed by atoms with Crippen molar-refractivity contribution in [3.05, 3.63) is 121 Å². The Kier molecular flexibility index (Phi) is 4.84. The summed E-state index contributed by atoms with van der Waals surface area (Å²) in [5, 5.41) is 21.2. The van der Waals surface area contributed by atoms with Crippen LogP contribution in [0.25, 0.3) is 49.7 Å². The van der Waals surface area contributed by atoms with Crippen molar-refractivity contribution in [1.29, 1.82) is 10.5 Å². The molecule has 0 aliphatic carbocycles. The normalized spacial score (nSPS) is 10.8. The van der Waals surface area contributed by atoms with Gasteiger partial charge in [0.15, 0.2) is 0 Å². The number of rotatable bonds is 3. The van der Waals surface area contributed by atoms with E-state index >= 15 is 0 Å². The highest BCUT2D eigenvalue weighted by Crippen LogP contribution is 2.37. The van der Waals surface area contributed by atoms with Crippen LogP contribution in [0.5, 0.6) is 0 Å². The van der Waals surface area contributed by atoms with Gasteiger partial charge in [-0.15, -0.1) is 0 Å². The zero-order valence-electron chi connectivity index (χ0n) is 18.7. The summed E-state index contributed by atoms with van der Waals surface area (Å²) in [4.78, 5) is 4.23. The summed E-state index contributed by atoms with van der Waals surface area (Å²) in [6.45, 7) is 0. The third kappa shape index (κ3) is 3.33. The lowest BCUT2D eigenvalue weighted by atomic mass is 9.96. The maximum absolute atomic E-state index is 9.57. The first-order valence-electron chi connectivity index (χ1n) is 11.3. The fourth-order valence-corrected chi connectivity index (χ4v) is 4.79. The number of para-hydroxylation sites is 2. The van der Waals surface area contributed by atoms with Gasteiger partial charge in [0.1, 0.15) is 0 Å². The predicted molar refractivity (Wildman–Crippen MR) is 139 cm³/mol. The molecule has 4 heteroatoms. The van der Waals surface area contributed by atoms with Gasteiger partial charge in [-0.05, 0) is 53.6 Å². The van der Waals surface area contributed by atoms with E-state index in [-0.39, 0.29) is 0 Å². The molecule has 35 heavy (non-hydrogen) atoms. The minimum absolute atomic E-state index is 0.598. The first kappa shape index (κ1) is 20.4. The first-order valence-corrected chi connectivity index (χ1v) is 11.3. The van der Waals surface area contributed by atoms with E-state index in [9.17, 15) is 10.5 Å². The minimum atomic E-state index is 0.598. The van der Waals surface area contributed by atoms with Crippen molar-refractivity contribution in [3.63, 3.8) is 0 Å². The second-order valence-electron chi connectivity index (χ2n) is 8.33. The smallest absolute Gasteiger partial charge is 0.0999 e. The van der Waals surface area contributed by atoms with Crippen molar-refractivity contribution in [2.45, 2.75) is 0 Å². The lowest BCUT2D eigenvalue weighted by Gasteiger charge is -2.15. The summed E-state index contributed by atoms with van der Waals surface area (Å²) in [5.74, 6) is 0. The Morgan fingerprint density at radius 1 is 0.629 bits per heavy atom. The summed E-state index contributed by atoms with van der Waals surface area (Å²) in [5.41, 5.74) is 8.31. The van der Waals surface area contributed by atoms with E-state index in [0.29, 0.717) is 11.1 Å². The largest absolute Gasteiger partial charge is 0.309 e. The Bertz CT molecular complexity index is 1830. The molecular weight excluding hydrogens is 428 g/mol. The third-order valence-electron chi connectivity index (χ3n) is 6.37. The molecular formula is C31H18N4. The fourth-order valence-electron chi connectivity index (χ4n) is 4.79.